The minimum absolute atomic E-state index is 0.205. The summed E-state index contributed by atoms with van der Waals surface area (Å²) in [6, 6.07) is -0.649. The first kappa shape index (κ1) is 11.1. The minimum atomic E-state index is -0.649. The summed E-state index contributed by atoms with van der Waals surface area (Å²) in [6.07, 6.45) is 1.70. The molecule has 0 bridgehead atoms. The molecule has 0 spiro atoms. The predicted molar refractivity (Wildman–Crippen MR) is 55.3 cm³/mol. The van der Waals surface area contributed by atoms with Gasteiger partial charge in [0.25, 0.3) is 0 Å². The lowest BCUT2D eigenvalue weighted by Gasteiger charge is -2.08. The highest BCUT2D eigenvalue weighted by Gasteiger charge is 2.14. The zero-order valence-electron chi connectivity index (χ0n) is 8.11. The number of anilines is 1. The average Bonchev–Trinajstić information content (AvgIpc) is 2.51. The lowest BCUT2D eigenvalue weighted by molar-refractivity contribution is -0.118. The van der Waals surface area contributed by atoms with Gasteiger partial charge in [0.2, 0.25) is 5.91 Å². The standard InChI is InChI=1S/C8H13N3O2S/c1-5-3-10-8(14-5)11-7(12)6(9)4-13-2/h3,6H,4,9H2,1-2H3,(H,10,11,12). The van der Waals surface area contributed by atoms with E-state index in [-0.39, 0.29) is 12.5 Å². The number of nitrogens with two attached hydrogens (primary N) is 1. The molecule has 1 atom stereocenters. The van der Waals surface area contributed by atoms with Crippen molar-refractivity contribution in [3.63, 3.8) is 0 Å². The summed E-state index contributed by atoms with van der Waals surface area (Å²) in [5.74, 6) is -0.277. The van der Waals surface area contributed by atoms with Crippen LogP contribution in [0.4, 0.5) is 5.13 Å². The molecule has 0 saturated carbocycles. The first-order chi connectivity index (χ1) is 6.63. The Morgan fingerprint density at radius 2 is 2.57 bits per heavy atom. The molecule has 0 aliphatic heterocycles. The third kappa shape index (κ3) is 3.06. The maximum absolute atomic E-state index is 11.4. The molecule has 3 N–H and O–H groups in total. The van der Waals surface area contributed by atoms with Gasteiger partial charge >= 0.3 is 0 Å². The van der Waals surface area contributed by atoms with Crippen LogP contribution < -0.4 is 11.1 Å². The van der Waals surface area contributed by atoms with Crippen LogP contribution in [0.5, 0.6) is 0 Å². The summed E-state index contributed by atoms with van der Waals surface area (Å²) in [5, 5.41) is 3.18. The van der Waals surface area contributed by atoms with Crippen molar-refractivity contribution < 1.29 is 9.53 Å². The largest absolute Gasteiger partial charge is 0.383 e. The van der Waals surface area contributed by atoms with E-state index in [1.54, 1.807) is 6.20 Å². The lowest BCUT2D eigenvalue weighted by Crippen LogP contribution is -2.39. The van der Waals surface area contributed by atoms with Gasteiger partial charge in [-0.25, -0.2) is 4.98 Å². The molecule has 1 aromatic heterocycles. The van der Waals surface area contributed by atoms with E-state index in [2.05, 4.69) is 10.3 Å². The van der Waals surface area contributed by atoms with Gasteiger partial charge in [-0.1, -0.05) is 0 Å². The summed E-state index contributed by atoms with van der Waals surface area (Å²) in [5.41, 5.74) is 5.52. The van der Waals surface area contributed by atoms with Crippen molar-refractivity contribution in [1.82, 2.24) is 4.98 Å². The van der Waals surface area contributed by atoms with Crippen LogP contribution >= 0.6 is 11.3 Å². The van der Waals surface area contributed by atoms with Crippen LogP contribution in [0.3, 0.4) is 0 Å². The quantitative estimate of drug-likeness (QED) is 0.760. The van der Waals surface area contributed by atoms with Crippen molar-refractivity contribution in [3.8, 4) is 0 Å². The van der Waals surface area contributed by atoms with E-state index in [0.717, 1.165) is 4.88 Å². The molecule has 0 radical (unpaired) electrons. The highest BCUT2D eigenvalue weighted by atomic mass is 32.1. The summed E-state index contributed by atoms with van der Waals surface area (Å²) < 4.78 is 4.76. The van der Waals surface area contributed by atoms with Gasteiger partial charge in [0.1, 0.15) is 6.04 Å². The molecule has 78 valence electrons. The number of nitrogens with zero attached hydrogens (tertiary/aromatic N) is 1. The number of carbonyl (C=O) groups excluding carboxylic acids is 1. The number of hydrogen-bond acceptors (Lipinski definition) is 5. The molecule has 1 unspecified atom stereocenters. The number of aryl methyl sites for hydroxylation is 1. The highest BCUT2D eigenvalue weighted by molar-refractivity contribution is 7.15. The first-order valence-electron chi connectivity index (χ1n) is 4.11. The molecule has 1 aromatic rings. The van der Waals surface area contributed by atoms with Crippen molar-refractivity contribution in [2.24, 2.45) is 5.73 Å². The number of thiazole rings is 1. The third-order valence-electron chi connectivity index (χ3n) is 1.53. The van der Waals surface area contributed by atoms with Crippen LogP contribution in [0.25, 0.3) is 0 Å². The van der Waals surface area contributed by atoms with Crippen molar-refractivity contribution in [2.45, 2.75) is 13.0 Å². The van der Waals surface area contributed by atoms with Crippen molar-refractivity contribution in [2.75, 3.05) is 19.0 Å². The predicted octanol–water partition coefficient (Wildman–Crippen LogP) is 0.364. The fourth-order valence-corrected chi connectivity index (χ4v) is 1.53. The smallest absolute Gasteiger partial charge is 0.245 e. The second-order valence-corrected chi connectivity index (χ2v) is 4.06. The zero-order valence-corrected chi connectivity index (χ0v) is 8.93. The molecule has 0 saturated heterocycles. The number of aromatic nitrogens is 1. The van der Waals surface area contributed by atoms with Crippen LogP contribution in [-0.2, 0) is 9.53 Å². The molecule has 0 aliphatic rings. The Kier molecular flexibility index (Phi) is 3.99. The Labute approximate surface area is 86.3 Å². The van der Waals surface area contributed by atoms with Crippen molar-refractivity contribution in [1.29, 1.82) is 0 Å². The van der Waals surface area contributed by atoms with Crippen molar-refractivity contribution >= 4 is 22.4 Å². The maximum Gasteiger partial charge on any atom is 0.245 e. The third-order valence-corrected chi connectivity index (χ3v) is 2.36. The van der Waals surface area contributed by atoms with Gasteiger partial charge in [-0.05, 0) is 6.92 Å². The second kappa shape index (κ2) is 5.04. The monoisotopic (exact) mass is 215 g/mol. The molecule has 5 nitrogen and oxygen atoms in total. The molecule has 0 aromatic carbocycles. The SMILES string of the molecule is COCC(N)C(=O)Nc1ncc(C)s1. The van der Waals surface area contributed by atoms with Crippen LogP contribution in [0.2, 0.25) is 0 Å². The van der Waals surface area contributed by atoms with Gasteiger partial charge in [0.15, 0.2) is 5.13 Å². The van der Waals surface area contributed by atoms with E-state index in [4.69, 9.17) is 10.5 Å². The number of ether oxygens (including phenoxy) is 1. The van der Waals surface area contributed by atoms with Gasteiger partial charge in [-0.2, -0.15) is 0 Å². The number of rotatable bonds is 4. The number of nitrogens with one attached hydrogen (secondary N) is 1. The number of carbonyl (C=O) groups is 1. The summed E-state index contributed by atoms with van der Waals surface area (Å²) >= 11 is 1.41. The number of amides is 1. The van der Waals surface area contributed by atoms with E-state index < -0.39 is 6.04 Å². The van der Waals surface area contributed by atoms with Crippen LogP contribution in [0, 0.1) is 6.92 Å². The maximum atomic E-state index is 11.4. The highest BCUT2D eigenvalue weighted by Crippen LogP contribution is 2.16. The summed E-state index contributed by atoms with van der Waals surface area (Å²) in [7, 11) is 1.50. The number of methoxy groups -OCH3 is 1. The summed E-state index contributed by atoms with van der Waals surface area (Å²) in [4.78, 5) is 16.4. The number of hydrogen-bond donors (Lipinski definition) is 2. The average molecular weight is 215 g/mol. The fourth-order valence-electron chi connectivity index (χ4n) is 0.866. The molecular formula is C8H13N3O2S. The second-order valence-electron chi connectivity index (χ2n) is 2.83. The van der Waals surface area contributed by atoms with E-state index in [9.17, 15) is 4.79 Å². The first-order valence-corrected chi connectivity index (χ1v) is 4.93. The Morgan fingerprint density at radius 1 is 1.86 bits per heavy atom. The molecular weight excluding hydrogens is 202 g/mol. The van der Waals surface area contributed by atoms with Gasteiger partial charge in [-0.15, -0.1) is 11.3 Å². The van der Waals surface area contributed by atoms with E-state index >= 15 is 0 Å². The van der Waals surface area contributed by atoms with E-state index in [1.165, 1.54) is 18.4 Å². The van der Waals surface area contributed by atoms with Gasteiger partial charge in [-0.3, -0.25) is 4.79 Å². The minimum Gasteiger partial charge on any atom is -0.383 e. The van der Waals surface area contributed by atoms with E-state index in [0.29, 0.717) is 5.13 Å². The Hall–Kier alpha value is -0.980. The molecule has 0 fully saturated rings. The molecule has 14 heavy (non-hydrogen) atoms. The van der Waals surface area contributed by atoms with Crippen molar-refractivity contribution in [3.05, 3.63) is 11.1 Å². The fraction of sp³-hybridized carbons (Fsp3) is 0.500. The van der Waals surface area contributed by atoms with Gasteiger partial charge in [0, 0.05) is 18.2 Å². The Morgan fingerprint density at radius 3 is 3.07 bits per heavy atom. The van der Waals surface area contributed by atoms with Crippen LogP contribution in [-0.4, -0.2) is 30.6 Å². The van der Waals surface area contributed by atoms with Crippen LogP contribution in [0.15, 0.2) is 6.20 Å². The Bertz CT molecular complexity index is 313. The molecule has 1 amide bonds. The normalized spacial score (nSPS) is 12.5. The zero-order chi connectivity index (χ0) is 10.6. The topological polar surface area (TPSA) is 77.2 Å². The Balaban J connectivity index is 2.48. The lowest BCUT2D eigenvalue weighted by atomic mass is 10.3. The van der Waals surface area contributed by atoms with Crippen LogP contribution in [0.1, 0.15) is 4.88 Å². The summed E-state index contributed by atoms with van der Waals surface area (Å²) in [6.45, 7) is 2.12. The van der Waals surface area contributed by atoms with Gasteiger partial charge < -0.3 is 15.8 Å². The molecule has 1 heterocycles. The van der Waals surface area contributed by atoms with Gasteiger partial charge in [0.05, 0.1) is 6.61 Å². The molecule has 1 rings (SSSR count). The van der Waals surface area contributed by atoms with E-state index in [1.807, 2.05) is 6.92 Å². The molecule has 6 heteroatoms. The molecule has 0 aliphatic carbocycles.